The molecular formula is C20H13Cl2NO4. The Kier molecular flexibility index (Phi) is 5.64. The fourth-order valence-corrected chi connectivity index (χ4v) is 2.91. The Labute approximate surface area is 165 Å². The summed E-state index contributed by atoms with van der Waals surface area (Å²) in [6, 6.07) is 17.7. The smallest absolute Gasteiger partial charge is 0.337 e. The normalized spacial score (nSPS) is 10.3. The third-order valence-electron chi connectivity index (χ3n) is 3.57. The van der Waals surface area contributed by atoms with Gasteiger partial charge in [-0.15, -0.1) is 0 Å². The number of carbonyl (C=O) groups is 2. The minimum absolute atomic E-state index is 0.0723. The van der Waals surface area contributed by atoms with Crippen LogP contribution in [0.1, 0.15) is 20.7 Å². The lowest BCUT2D eigenvalue weighted by Gasteiger charge is -2.12. The lowest BCUT2D eigenvalue weighted by Crippen LogP contribution is -2.15. The number of benzene rings is 3. The Bertz CT molecular complexity index is 986. The maximum Gasteiger partial charge on any atom is 0.337 e. The first-order valence-corrected chi connectivity index (χ1v) is 8.55. The first kappa shape index (κ1) is 18.8. The number of para-hydroxylation sites is 1. The molecule has 27 heavy (non-hydrogen) atoms. The first-order valence-electron chi connectivity index (χ1n) is 7.80. The number of amides is 1. The predicted octanol–water partition coefficient (Wildman–Crippen LogP) is 5.74. The van der Waals surface area contributed by atoms with E-state index in [0.29, 0.717) is 21.5 Å². The van der Waals surface area contributed by atoms with Crippen LogP contribution < -0.4 is 10.1 Å². The molecule has 136 valence electrons. The number of ether oxygens (including phenoxy) is 1. The van der Waals surface area contributed by atoms with Gasteiger partial charge in [-0.05, 0) is 42.5 Å². The minimum Gasteiger partial charge on any atom is -0.478 e. The molecule has 0 aromatic heterocycles. The topological polar surface area (TPSA) is 75.6 Å². The molecule has 0 unspecified atom stereocenters. The van der Waals surface area contributed by atoms with Gasteiger partial charge in [0, 0.05) is 21.7 Å². The van der Waals surface area contributed by atoms with Gasteiger partial charge in [0.2, 0.25) is 0 Å². The fourth-order valence-electron chi connectivity index (χ4n) is 2.38. The van der Waals surface area contributed by atoms with Gasteiger partial charge < -0.3 is 15.2 Å². The highest BCUT2D eigenvalue weighted by Crippen LogP contribution is 2.28. The largest absolute Gasteiger partial charge is 0.478 e. The van der Waals surface area contributed by atoms with E-state index >= 15 is 0 Å². The van der Waals surface area contributed by atoms with E-state index in [1.807, 2.05) is 18.2 Å². The molecule has 0 saturated heterocycles. The van der Waals surface area contributed by atoms with Gasteiger partial charge in [0.1, 0.15) is 11.5 Å². The van der Waals surface area contributed by atoms with E-state index in [2.05, 4.69) is 5.32 Å². The highest BCUT2D eigenvalue weighted by atomic mass is 35.5. The van der Waals surface area contributed by atoms with Gasteiger partial charge in [0.25, 0.3) is 5.91 Å². The third kappa shape index (κ3) is 4.78. The Balaban J connectivity index is 1.91. The Hall–Kier alpha value is -3.02. The van der Waals surface area contributed by atoms with Gasteiger partial charge in [-0.1, -0.05) is 41.4 Å². The van der Waals surface area contributed by atoms with Crippen molar-refractivity contribution in [2.75, 3.05) is 5.32 Å². The van der Waals surface area contributed by atoms with Gasteiger partial charge in [-0.25, -0.2) is 4.79 Å². The number of halogens is 2. The molecule has 0 aliphatic rings. The lowest BCUT2D eigenvalue weighted by atomic mass is 10.1. The number of hydrogen-bond acceptors (Lipinski definition) is 3. The first-order chi connectivity index (χ1) is 12.9. The Morgan fingerprint density at radius 1 is 0.852 bits per heavy atom. The van der Waals surface area contributed by atoms with Crippen LogP contribution in [0.15, 0.2) is 66.7 Å². The van der Waals surface area contributed by atoms with Crippen LogP contribution in [0.3, 0.4) is 0 Å². The van der Waals surface area contributed by atoms with Crippen LogP contribution in [-0.2, 0) is 0 Å². The summed E-state index contributed by atoms with van der Waals surface area (Å²) < 4.78 is 5.69. The highest BCUT2D eigenvalue weighted by molar-refractivity contribution is 6.35. The number of anilines is 1. The number of carboxylic acid groups (broad SMARTS) is 1. The van der Waals surface area contributed by atoms with Crippen LogP contribution in [0.4, 0.5) is 5.69 Å². The second kappa shape index (κ2) is 8.12. The number of aromatic carboxylic acids is 1. The highest BCUT2D eigenvalue weighted by Gasteiger charge is 2.16. The van der Waals surface area contributed by atoms with E-state index in [9.17, 15) is 14.7 Å². The minimum atomic E-state index is -1.18. The van der Waals surface area contributed by atoms with Crippen molar-refractivity contribution in [2.24, 2.45) is 0 Å². The van der Waals surface area contributed by atoms with Crippen LogP contribution in [-0.4, -0.2) is 17.0 Å². The van der Waals surface area contributed by atoms with Crippen LogP contribution in [0.5, 0.6) is 11.5 Å². The summed E-state index contributed by atoms with van der Waals surface area (Å²) in [5.41, 5.74) is 0.229. The molecule has 0 bridgehead atoms. The molecule has 2 N–H and O–H groups in total. The standard InChI is InChI=1S/C20H13Cl2NO4/c21-13-8-12(9-14(22)10-13)19(24)23-18-11-16(6-7-17(18)20(25)26)27-15-4-2-1-3-5-15/h1-11H,(H,23,24)(H,25,26). The average Bonchev–Trinajstić information content (AvgIpc) is 2.61. The van der Waals surface area contributed by atoms with Crippen LogP contribution in [0, 0.1) is 0 Å². The quantitative estimate of drug-likeness (QED) is 0.571. The number of rotatable bonds is 5. The zero-order chi connectivity index (χ0) is 19.4. The van der Waals surface area contributed by atoms with Gasteiger partial charge in [-0.3, -0.25) is 4.79 Å². The summed E-state index contributed by atoms with van der Waals surface area (Å²) in [4.78, 5) is 24.0. The molecule has 0 aliphatic carbocycles. The van der Waals surface area contributed by atoms with Crippen molar-refractivity contribution in [3.63, 3.8) is 0 Å². The molecule has 0 radical (unpaired) electrons. The third-order valence-corrected chi connectivity index (χ3v) is 4.01. The summed E-state index contributed by atoms with van der Waals surface area (Å²) >= 11 is 11.8. The average molecular weight is 402 g/mol. The van der Waals surface area contributed by atoms with Crippen molar-refractivity contribution < 1.29 is 19.4 Å². The summed E-state index contributed by atoms with van der Waals surface area (Å²) in [5, 5.41) is 12.6. The molecule has 0 fully saturated rings. The van der Waals surface area contributed by atoms with Gasteiger partial charge in [0.15, 0.2) is 0 Å². The summed E-state index contributed by atoms with van der Waals surface area (Å²) in [6.45, 7) is 0. The Morgan fingerprint density at radius 2 is 1.52 bits per heavy atom. The zero-order valence-corrected chi connectivity index (χ0v) is 15.3. The molecule has 3 aromatic rings. The summed E-state index contributed by atoms with van der Waals surface area (Å²) in [6.07, 6.45) is 0. The number of nitrogens with one attached hydrogen (secondary N) is 1. The van der Waals surface area contributed by atoms with Crippen LogP contribution in [0.2, 0.25) is 10.0 Å². The number of carboxylic acids is 1. The molecule has 1 amide bonds. The summed E-state index contributed by atoms with van der Waals surface area (Å²) in [7, 11) is 0. The monoisotopic (exact) mass is 401 g/mol. The van der Waals surface area contributed by atoms with Crippen molar-refractivity contribution in [3.05, 3.63) is 87.9 Å². The summed E-state index contributed by atoms with van der Waals surface area (Å²) in [5.74, 6) is -0.760. The molecule has 0 saturated carbocycles. The molecule has 0 spiro atoms. The maximum absolute atomic E-state index is 12.5. The molecule has 0 atom stereocenters. The lowest BCUT2D eigenvalue weighted by molar-refractivity contribution is 0.0698. The van der Waals surface area contributed by atoms with Gasteiger partial charge >= 0.3 is 5.97 Å². The van der Waals surface area contributed by atoms with E-state index in [1.165, 1.54) is 36.4 Å². The van der Waals surface area contributed by atoms with Crippen LogP contribution >= 0.6 is 23.2 Å². The van der Waals surface area contributed by atoms with Crippen molar-refractivity contribution >= 4 is 40.8 Å². The second-order valence-electron chi connectivity index (χ2n) is 5.54. The van der Waals surface area contributed by atoms with Crippen molar-refractivity contribution in [2.45, 2.75) is 0 Å². The van der Waals surface area contributed by atoms with E-state index in [1.54, 1.807) is 12.1 Å². The maximum atomic E-state index is 12.5. The van der Waals surface area contributed by atoms with Gasteiger partial charge in [-0.2, -0.15) is 0 Å². The van der Waals surface area contributed by atoms with E-state index in [-0.39, 0.29) is 16.8 Å². The van der Waals surface area contributed by atoms with Crippen LogP contribution in [0.25, 0.3) is 0 Å². The molecule has 5 nitrogen and oxygen atoms in total. The molecule has 0 aliphatic heterocycles. The molecule has 7 heteroatoms. The molecule has 3 rings (SSSR count). The molecular weight excluding hydrogens is 389 g/mol. The molecule has 3 aromatic carbocycles. The van der Waals surface area contributed by atoms with Gasteiger partial charge in [0.05, 0.1) is 11.3 Å². The zero-order valence-electron chi connectivity index (χ0n) is 13.8. The van der Waals surface area contributed by atoms with Crippen molar-refractivity contribution in [1.29, 1.82) is 0 Å². The van der Waals surface area contributed by atoms with Crippen molar-refractivity contribution in [3.8, 4) is 11.5 Å². The Morgan fingerprint density at radius 3 is 2.15 bits per heavy atom. The predicted molar refractivity (Wildman–Crippen MR) is 104 cm³/mol. The van der Waals surface area contributed by atoms with E-state index < -0.39 is 11.9 Å². The number of hydrogen-bond donors (Lipinski definition) is 2. The second-order valence-corrected chi connectivity index (χ2v) is 6.41. The molecule has 0 heterocycles. The van der Waals surface area contributed by atoms with Crippen molar-refractivity contribution in [1.82, 2.24) is 0 Å². The fraction of sp³-hybridized carbons (Fsp3) is 0. The number of carbonyl (C=O) groups excluding carboxylic acids is 1. The van der Waals surface area contributed by atoms with E-state index in [4.69, 9.17) is 27.9 Å². The SMILES string of the molecule is O=C(Nc1cc(Oc2ccccc2)ccc1C(=O)O)c1cc(Cl)cc(Cl)c1. The van der Waals surface area contributed by atoms with E-state index in [0.717, 1.165) is 0 Å².